The number of aryl methyl sites for hydroxylation is 1. The van der Waals surface area contributed by atoms with Crippen molar-refractivity contribution < 1.29 is 0 Å². The highest BCUT2D eigenvalue weighted by atomic mass is 15.3. The summed E-state index contributed by atoms with van der Waals surface area (Å²) >= 11 is 0. The van der Waals surface area contributed by atoms with E-state index in [9.17, 15) is 0 Å². The van der Waals surface area contributed by atoms with Gasteiger partial charge in [0, 0.05) is 31.9 Å². The van der Waals surface area contributed by atoms with Gasteiger partial charge in [-0.3, -0.25) is 4.90 Å². The van der Waals surface area contributed by atoms with Gasteiger partial charge in [-0.1, -0.05) is 12.1 Å². The van der Waals surface area contributed by atoms with Crippen LogP contribution in [0.5, 0.6) is 0 Å². The number of unbranched alkanes of at least 4 members (excludes halogenated alkanes) is 1. The Morgan fingerprint density at radius 2 is 1.76 bits per heavy atom. The van der Waals surface area contributed by atoms with Crippen molar-refractivity contribution in [3.05, 3.63) is 29.3 Å². The Balaban J connectivity index is 1.59. The number of piperazine rings is 1. The average molecular weight is 287 g/mol. The van der Waals surface area contributed by atoms with Crippen LogP contribution in [0.4, 0.5) is 5.69 Å². The van der Waals surface area contributed by atoms with Crippen LogP contribution in [0.2, 0.25) is 0 Å². The largest absolute Gasteiger partial charge is 0.369 e. The Hall–Kier alpha value is -1.06. The smallest absolute Gasteiger partial charge is 0.0402 e. The third-order valence-corrected chi connectivity index (χ3v) is 5.01. The van der Waals surface area contributed by atoms with Gasteiger partial charge in [-0.25, -0.2) is 0 Å². The summed E-state index contributed by atoms with van der Waals surface area (Å²) in [5.74, 6) is 0. The van der Waals surface area contributed by atoms with Gasteiger partial charge >= 0.3 is 0 Å². The van der Waals surface area contributed by atoms with Gasteiger partial charge in [0.25, 0.3) is 0 Å². The number of anilines is 1. The Kier molecular flexibility index (Phi) is 5.15. The fourth-order valence-electron chi connectivity index (χ4n) is 3.75. The maximum Gasteiger partial charge on any atom is 0.0402 e. The molecule has 3 rings (SSSR count). The van der Waals surface area contributed by atoms with Crippen molar-refractivity contribution in [2.24, 2.45) is 5.73 Å². The minimum absolute atomic E-state index is 0.829. The SMILES string of the molecule is NCCCCN1CCN(c2cccc3c2CCCC3)CC1. The van der Waals surface area contributed by atoms with E-state index in [4.69, 9.17) is 5.73 Å². The predicted molar refractivity (Wildman–Crippen MR) is 90.0 cm³/mol. The summed E-state index contributed by atoms with van der Waals surface area (Å²) in [7, 11) is 0. The van der Waals surface area contributed by atoms with Gasteiger partial charge in [0.2, 0.25) is 0 Å². The number of hydrogen-bond acceptors (Lipinski definition) is 3. The number of benzene rings is 1. The summed E-state index contributed by atoms with van der Waals surface area (Å²) in [5, 5.41) is 0. The quantitative estimate of drug-likeness (QED) is 0.844. The molecule has 1 saturated heterocycles. The summed E-state index contributed by atoms with van der Waals surface area (Å²) in [6.07, 6.45) is 7.70. The first-order chi connectivity index (χ1) is 10.4. The van der Waals surface area contributed by atoms with Gasteiger partial charge in [-0.2, -0.15) is 0 Å². The molecule has 2 N–H and O–H groups in total. The fraction of sp³-hybridized carbons (Fsp3) is 0.667. The van der Waals surface area contributed by atoms with Crippen LogP contribution in [0.3, 0.4) is 0 Å². The van der Waals surface area contributed by atoms with Crippen molar-refractivity contribution in [1.29, 1.82) is 0 Å². The Labute approximate surface area is 129 Å². The maximum atomic E-state index is 5.58. The average Bonchev–Trinajstić information content (AvgIpc) is 2.55. The molecule has 0 unspecified atom stereocenters. The Morgan fingerprint density at radius 1 is 0.952 bits per heavy atom. The second kappa shape index (κ2) is 7.28. The standard InChI is InChI=1S/C18H29N3/c19-10-3-4-11-20-12-14-21(15-13-20)18-9-5-7-16-6-1-2-8-17(16)18/h5,7,9H,1-4,6,8,10-15,19H2. The van der Waals surface area contributed by atoms with E-state index in [1.165, 1.54) is 70.5 Å². The highest BCUT2D eigenvalue weighted by molar-refractivity contribution is 5.58. The summed E-state index contributed by atoms with van der Waals surface area (Å²) in [6.45, 7) is 6.81. The highest BCUT2D eigenvalue weighted by Gasteiger charge is 2.21. The van der Waals surface area contributed by atoms with Crippen LogP contribution in [-0.2, 0) is 12.8 Å². The molecule has 21 heavy (non-hydrogen) atoms. The number of nitrogens with zero attached hydrogens (tertiary/aromatic N) is 2. The van der Waals surface area contributed by atoms with E-state index >= 15 is 0 Å². The van der Waals surface area contributed by atoms with Crippen LogP contribution in [0, 0.1) is 0 Å². The van der Waals surface area contributed by atoms with Crippen molar-refractivity contribution in [2.75, 3.05) is 44.2 Å². The van der Waals surface area contributed by atoms with Gasteiger partial charge in [-0.05, 0) is 68.8 Å². The van der Waals surface area contributed by atoms with Gasteiger partial charge in [0.1, 0.15) is 0 Å². The first kappa shape index (κ1) is 14.9. The zero-order valence-electron chi connectivity index (χ0n) is 13.2. The molecule has 1 aliphatic heterocycles. The first-order valence-electron chi connectivity index (χ1n) is 8.66. The zero-order valence-corrected chi connectivity index (χ0v) is 13.2. The van der Waals surface area contributed by atoms with E-state index in [2.05, 4.69) is 28.0 Å². The number of nitrogens with two attached hydrogens (primary N) is 1. The predicted octanol–water partition coefficient (Wildman–Crippen LogP) is 2.43. The zero-order chi connectivity index (χ0) is 14.5. The van der Waals surface area contributed by atoms with Crippen LogP contribution in [0.1, 0.15) is 36.8 Å². The molecular weight excluding hydrogens is 258 g/mol. The Bertz CT molecular complexity index is 450. The van der Waals surface area contributed by atoms with Gasteiger partial charge in [0.05, 0.1) is 0 Å². The van der Waals surface area contributed by atoms with Crippen LogP contribution < -0.4 is 10.6 Å². The second-order valence-electron chi connectivity index (χ2n) is 6.45. The second-order valence-corrected chi connectivity index (χ2v) is 6.45. The third kappa shape index (κ3) is 3.58. The van der Waals surface area contributed by atoms with Crippen molar-refractivity contribution in [1.82, 2.24) is 4.90 Å². The van der Waals surface area contributed by atoms with E-state index < -0.39 is 0 Å². The molecule has 0 amide bonds. The molecule has 0 spiro atoms. The molecule has 0 radical (unpaired) electrons. The van der Waals surface area contributed by atoms with Crippen LogP contribution >= 0.6 is 0 Å². The molecular formula is C18H29N3. The lowest BCUT2D eigenvalue weighted by atomic mass is 9.90. The minimum atomic E-state index is 0.829. The van der Waals surface area contributed by atoms with Crippen molar-refractivity contribution in [2.45, 2.75) is 38.5 Å². The van der Waals surface area contributed by atoms with Crippen molar-refractivity contribution in [3.8, 4) is 0 Å². The summed E-state index contributed by atoms with van der Waals surface area (Å²) in [5.41, 5.74) is 10.3. The number of fused-ring (bicyclic) bond motifs is 1. The first-order valence-corrected chi connectivity index (χ1v) is 8.66. The molecule has 2 aliphatic rings. The van der Waals surface area contributed by atoms with Crippen LogP contribution in [0.15, 0.2) is 18.2 Å². The van der Waals surface area contributed by atoms with Crippen LogP contribution in [-0.4, -0.2) is 44.2 Å². The molecule has 3 nitrogen and oxygen atoms in total. The summed E-state index contributed by atoms with van der Waals surface area (Å²) in [6, 6.07) is 6.93. The third-order valence-electron chi connectivity index (χ3n) is 5.01. The molecule has 0 bridgehead atoms. The molecule has 3 heteroatoms. The van der Waals surface area contributed by atoms with Crippen molar-refractivity contribution >= 4 is 5.69 Å². The molecule has 1 aliphatic carbocycles. The molecule has 0 atom stereocenters. The van der Waals surface area contributed by atoms with Crippen LogP contribution in [0.25, 0.3) is 0 Å². The van der Waals surface area contributed by atoms with E-state index in [0.29, 0.717) is 0 Å². The van der Waals surface area contributed by atoms with E-state index in [0.717, 1.165) is 13.0 Å². The molecule has 0 saturated carbocycles. The molecule has 1 aromatic rings. The lowest BCUT2D eigenvalue weighted by molar-refractivity contribution is 0.253. The van der Waals surface area contributed by atoms with E-state index in [-0.39, 0.29) is 0 Å². The maximum absolute atomic E-state index is 5.58. The summed E-state index contributed by atoms with van der Waals surface area (Å²) < 4.78 is 0. The molecule has 1 aromatic carbocycles. The van der Waals surface area contributed by atoms with E-state index in [1.54, 1.807) is 11.1 Å². The normalized spacial score (nSPS) is 19.6. The molecule has 1 heterocycles. The van der Waals surface area contributed by atoms with Crippen molar-refractivity contribution in [3.63, 3.8) is 0 Å². The van der Waals surface area contributed by atoms with Gasteiger partial charge in [0.15, 0.2) is 0 Å². The lowest BCUT2D eigenvalue weighted by Gasteiger charge is -2.38. The lowest BCUT2D eigenvalue weighted by Crippen LogP contribution is -2.47. The summed E-state index contributed by atoms with van der Waals surface area (Å²) in [4.78, 5) is 5.21. The fourth-order valence-corrected chi connectivity index (χ4v) is 3.75. The number of rotatable bonds is 5. The van der Waals surface area contributed by atoms with Gasteiger partial charge < -0.3 is 10.6 Å². The monoisotopic (exact) mass is 287 g/mol. The Morgan fingerprint density at radius 3 is 2.57 bits per heavy atom. The molecule has 116 valence electrons. The van der Waals surface area contributed by atoms with Gasteiger partial charge in [-0.15, -0.1) is 0 Å². The molecule has 0 aromatic heterocycles. The van der Waals surface area contributed by atoms with E-state index in [1.807, 2.05) is 0 Å². The number of hydrogen-bond donors (Lipinski definition) is 1. The topological polar surface area (TPSA) is 32.5 Å². The highest BCUT2D eigenvalue weighted by Crippen LogP contribution is 2.30. The minimum Gasteiger partial charge on any atom is -0.369 e. The molecule has 1 fully saturated rings.